The topological polar surface area (TPSA) is 68.4 Å². The van der Waals surface area contributed by atoms with Crippen molar-refractivity contribution >= 4 is 11.6 Å². The van der Waals surface area contributed by atoms with Crippen LogP contribution in [0.2, 0.25) is 0 Å². The predicted octanol–water partition coefficient (Wildman–Crippen LogP) is 3.68. The Bertz CT molecular complexity index is 1120. The first kappa shape index (κ1) is 22.8. The van der Waals surface area contributed by atoms with Gasteiger partial charge in [0, 0.05) is 44.1 Å². The quantitative estimate of drug-likeness (QED) is 0.520. The molecule has 1 amide bonds. The minimum Gasteiger partial charge on any atom is -0.369 e. The van der Waals surface area contributed by atoms with Crippen LogP contribution in [-0.2, 0) is 0 Å². The largest absolute Gasteiger partial charge is 0.369 e. The van der Waals surface area contributed by atoms with E-state index >= 15 is 0 Å². The summed E-state index contributed by atoms with van der Waals surface area (Å²) in [4.78, 5) is 32.5. The molecule has 1 saturated heterocycles. The second kappa shape index (κ2) is 11.0. The van der Waals surface area contributed by atoms with Crippen molar-refractivity contribution in [2.24, 2.45) is 0 Å². The number of H-pyrrole nitrogens is 1. The van der Waals surface area contributed by atoms with Gasteiger partial charge in [-0.25, -0.2) is 0 Å². The van der Waals surface area contributed by atoms with E-state index in [1.54, 1.807) is 12.1 Å². The maximum atomic E-state index is 12.4. The first-order valence-electron chi connectivity index (χ1n) is 11.7. The molecule has 4 rings (SSSR count). The molecule has 2 N–H and O–H groups in total. The molecule has 0 radical (unpaired) electrons. The molecule has 6 nitrogen and oxygen atoms in total. The number of nitrogens with zero attached hydrogens (tertiary/aromatic N) is 2. The summed E-state index contributed by atoms with van der Waals surface area (Å²) in [6.45, 7) is 7.94. The Labute approximate surface area is 195 Å². The third-order valence-electron chi connectivity index (χ3n) is 6.16. The lowest BCUT2D eigenvalue weighted by Gasteiger charge is -2.36. The van der Waals surface area contributed by atoms with E-state index in [0.29, 0.717) is 12.2 Å². The van der Waals surface area contributed by atoms with E-state index in [9.17, 15) is 9.59 Å². The first-order valence-corrected chi connectivity index (χ1v) is 11.7. The third kappa shape index (κ3) is 6.11. The summed E-state index contributed by atoms with van der Waals surface area (Å²) in [6.07, 6.45) is 1.91. The van der Waals surface area contributed by atoms with Crippen LogP contribution in [0.15, 0.2) is 71.5 Å². The highest BCUT2D eigenvalue weighted by Gasteiger charge is 2.17. The summed E-state index contributed by atoms with van der Waals surface area (Å²) < 4.78 is 0. The fraction of sp³-hybridized carbons (Fsp3) is 0.333. The van der Waals surface area contributed by atoms with Crippen molar-refractivity contribution in [2.45, 2.75) is 19.8 Å². The Morgan fingerprint density at radius 3 is 2.45 bits per heavy atom. The minimum atomic E-state index is -0.361. The van der Waals surface area contributed by atoms with Gasteiger partial charge in [0.1, 0.15) is 5.56 Å². The molecule has 2 aromatic carbocycles. The molecule has 0 atom stereocenters. The summed E-state index contributed by atoms with van der Waals surface area (Å²) in [5.74, 6) is -0.317. The fourth-order valence-corrected chi connectivity index (χ4v) is 4.25. The van der Waals surface area contributed by atoms with Gasteiger partial charge < -0.3 is 15.2 Å². The average molecular weight is 445 g/mol. The SMILES string of the molecule is Cc1cccc(N2CCN(CCCCNC(=O)c3ccc(-c4ccccc4)[nH]c3=O)CC2)c1. The van der Waals surface area contributed by atoms with Crippen LogP contribution < -0.4 is 15.8 Å². The van der Waals surface area contributed by atoms with Crippen LogP contribution in [-0.4, -0.2) is 55.1 Å². The Kier molecular flexibility index (Phi) is 7.58. The van der Waals surface area contributed by atoms with Crippen LogP contribution in [0.5, 0.6) is 0 Å². The van der Waals surface area contributed by atoms with Gasteiger partial charge in [0.15, 0.2) is 0 Å². The van der Waals surface area contributed by atoms with Crippen molar-refractivity contribution in [1.29, 1.82) is 0 Å². The molecular formula is C27H32N4O2. The van der Waals surface area contributed by atoms with Gasteiger partial charge in [0.05, 0.1) is 0 Å². The monoisotopic (exact) mass is 444 g/mol. The van der Waals surface area contributed by atoms with Crippen LogP contribution in [0.4, 0.5) is 5.69 Å². The fourth-order valence-electron chi connectivity index (χ4n) is 4.25. The third-order valence-corrected chi connectivity index (χ3v) is 6.16. The highest BCUT2D eigenvalue weighted by Crippen LogP contribution is 2.18. The maximum absolute atomic E-state index is 12.4. The Balaban J connectivity index is 1.16. The zero-order valence-corrected chi connectivity index (χ0v) is 19.2. The molecular weight excluding hydrogens is 412 g/mol. The maximum Gasteiger partial charge on any atom is 0.261 e. The summed E-state index contributed by atoms with van der Waals surface area (Å²) in [7, 11) is 0. The molecule has 1 fully saturated rings. The number of amides is 1. The molecule has 0 bridgehead atoms. The molecule has 6 heteroatoms. The van der Waals surface area contributed by atoms with Gasteiger partial charge >= 0.3 is 0 Å². The smallest absolute Gasteiger partial charge is 0.261 e. The standard InChI is InChI=1S/C27H32N4O2/c1-21-8-7-11-23(20-21)31-18-16-30(17-19-31)15-6-5-14-28-26(32)24-12-13-25(29-27(24)33)22-9-3-2-4-10-22/h2-4,7-13,20H,5-6,14-19H2,1H3,(H,28,32)(H,29,33). The van der Waals surface area contributed by atoms with Gasteiger partial charge in [-0.1, -0.05) is 42.5 Å². The molecule has 172 valence electrons. The lowest BCUT2D eigenvalue weighted by atomic mass is 10.1. The van der Waals surface area contributed by atoms with E-state index in [0.717, 1.165) is 51.1 Å². The number of nitrogens with one attached hydrogen (secondary N) is 2. The lowest BCUT2D eigenvalue weighted by molar-refractivity contribution is 0.0951. The number of benzene rings is 2. The summed E-state index contributed by atoms with van der Waals surface area (Å²) in [5.41, 5.74) is 4.03. The number of hydrogen-bond donors (Lipinski definition) is 2. The molecule has 3 aromatic rings. The second-order valence-corrected chi connectivity index (χ2v) is 8.61. The molecule has 33 heavy (non-hydrogen) atoms. The van der Waals surface area contributed by atoms with Crippen molar-refractivity contribution in [3.8, 4) is 11.3 Å². The van der Waals surface area contributed by atoms with Crippen LogP contribution in [0.1, 0.15) is 28.8 Å². The van der Waals surface area contributed by atoms with Crippen LogP contribution in [0.3, 0.4) is 0 Å². The number of anilines is 1. The average Bonchev–Trinajstić information content (AvgIpc) is 2.84. The number of piperazine rings is 1. The number of hydrogen-bond acceptors (Lipinski definition) is 4. The number of aromatic amines is 1. The number of rotatable bonds is 8. The number of aryl methyl sites for hydroxylation is 1. The van der Waals surface area contributed by atoms with Crippen molar-refractivity contribution < 1.29 is 4.79 Å². The highest BCUT2D eigenvalue weighted by atomic mass is 16.2. The van der Waals surface area contributed by atoms with Gasteiger partial charge in [-0.05, 0) is 61.7 Å². The van der Waals surface area contributed by atoms with Crippen molar-refractivity contribution in [2.75, 3.05) is 44.2 Å². The molecule has 0 aliphatic carbocycles. The number of unbranched alkanes of at least 4 members (excludes halogenated alkanes) is 1. The molecule has 0 saturated carbocycles. The van der Waals surface area contributed by atoms with Crippen LogP contribution in [0.25, 0.3) is 11.3 Å². The number of aromatic nitrogens is 1. The van der Waals surface area contributed by atoms with Crippen molar-refractivity contribution in [1.82, 2.24) is 15.2 Å². The number of carbonyl (C=O) groups excluding carboxylic acids is 1. The van der Waals surface area contributed by atoms with Gasteiger partial charge in [-0.2, -0.15) is 0 Å². The molecule has 1 aromatic heterocycles. The van der Waals surface area contributed by atoms with Crippen LogP contribution >= 0.6 is 0 Å². The summed E-state index contributed by atoms with van der Waals surface area (Å²) in [5, 5.41) is 2.88. The van der Waals surface area contributed by atoms with E-state index in [4.69, 9.17) is 0 Å². The molecule has 0 spiro atoms. The summed E-state index contributed by atoms with van der Waals surface area (Å²) in [6, 6.07) is 21.7. The Hall–Kier alpha value is -3.38. The molecule has 1 aliphatic rings. The van der Waals surface area contributed by atoms with E-state index in [1.165, 1.54) is 11.3 Å². The zero-order valence-electron chi connectivity index (χ0n) is 19.2. The summed E-state index contributed by atoms with van der Waals surface area (Å²) >= 11 is 0. The minimum absolute atomic E-state index is 0.155. The molecule has 0 unspecified atom stereocenters. The lowest BCUT2D eigenvalue weighted by Crippen LogP contribution is -2.46. The molecule has 1 aliphatic heterocycles. The normalized spacial score (nSPS) is 14.3. The number of pyridine rings is 1. The Morgan fingerprint density at radius 1 is 0.939 bits per heavy atom. The van der Waals surface area contributed by atoms with E-state index in [-0.39, 0.29) is 17.0 Å². The van der Waals surface area contributed by atoms with Gasteiger partial charge in [-0.3, -0.25) is 14.5 Å². The highest BCUT2D eigenvalue weighted by molar-refractivity contribution is 5.94. The zero-order chi connectivity index (χ0) is 23.0. The van der Waals surface area contributed by atoms with E-state index < -0.39 is 0 Å². The first-order chi connectivity index (χ1) is 16.1. The predicted molar refractivity (Wildman–Crippen MR) is 134 cm³/mol. The van der Waals surface area contributed by atoms with Crippen molar-refractivity contribution in [3.05, 3.63) is 88.2 Å². The van der Waals surface area contributed by atoms with Gasteiger partial charge in [-0.15, -0.1) is 0 Å². The Morgan fingerprint density at radius 2 is 1.73 bits per heavy atom. The number of carbonyl (C=O) groups is 1. The van der Waals surface area contributed by atoms with Crippen LogP contribution in [0, 0.1) is 6.92 Å². The van der Waals surface area contributed by atoms with E-state index in [1.807, 2.05) is 30.3 Å². The second-order valence-electron chi connectivity index (χ2n) is 8.61. The van der Waals surface area contributed by atoms with Gasteiger partial charge in [0.25, 0.3) is 11.5 Å². The van der Waals surface area contributed by atoms with E-state index in [2.05, 4.69) is 51.3 Å². The van der Waals surface area contributed by atoms with Crippen molar-refractivity contribution in [3.63, 3.8) is 0 Å². The van der Waals surface area contributed by atoms with Gasteiger partial charge in [0.2, 0.25) is 0 Å². The molecule has 2 heterocycles.